The highest BCUT2D eigenvalue weighted by atomic mass is 16.6. The normalized spacial score (nSPS) is 16.0. The van der Waals surface area contributed by atoms with Gasteiger partial charge in [-0.15, -0.1) is 0 Å². The van der Waals surface area contributed by atoms with Crippen molar-refractivity contribution in [3.63, 3.8) is 0 Å². The molecular weight excluding hydrogens is 194 g/mol. The first-order valence-electron chi connectivity index (χ1n) is 4.76. The van der Waals surface area contributed by atoms with Crippen molar-refractivity contribution < 1.29 is 13.9 Å². The van der Waals surface area contributed by atoms with E-state index in [4.69, 9.17) is 9.15 Å². The van der Waals surface area contributed by atoms with Gasteiger partial charge in [0.15, 0.2) is 0 Å². The van der Waals surface area contributed by atoms with Gasteiger partial charge in [-0.2, -0.15) is 0 Å². The molecule has 0 saturated carbocycles. The number of benzene rings is 1. The summed E-state index contributed by atoms with van der Waals surface area (Å²) in [5.41, 5.74) is 1.68. The maximum Gasteiger partial charge on any atom is 0.414 e. The molecular formula is C11H9NO3. The maximum atomic E-state index is 11.3. The standard InChI is InChI=1S/C11H9NO3/c13-11-12(4-6-15-11)9-1-2-10-8(7-9)3-5-14-10/h1-3,5,7H,4,6H2. The van der Waals surface area contributed by atoms with Crippen LogP contribution in [0.2, 0.25) is 0 Å². The van der Waals surface area contributed by atoms with Gasteiger partial charge in [0.05, 0.1) is 12.8 Å². The minimum Gasteiger partial charge on any atom is -0.464 e. The van der Waals surface area contributed by atoms with Crippen LogP contribution in [0.4, 0.5) is 10.5 Å². The van der Waals surface area contributed by atoms with Gasteiger partial charge in [0.2, 0.25) is 0 Å². The summed E-state index contributed by atoms with van der Waals surface area (Å²) in [6, 6.07) is 7.51. The lowest BCUT2D eigenvalue weighted by atomic mass is 10.2. The van der Waals surface area contributed by atoms with Crippen molar-refractivity contribution in [2.45, 2.75) is 0 Å². The number of hydrogen-bond acceptors (Lipinski definition) is 3. The van der Waals surface area contributed by atoms with Crippen LogP contribution in [-0.2, 0) is 4.74 Å². The average molecular weight is 203 g/mol. The van der Waals surface area contributed by atoms with Crippen LogP contribution in [-0.4, -0.2) is 19.2 Å². The fraction of sp³-hybridized carbons (Fsp3) is 0.182. The highest BCUT2D eigenvalue weighted by Crippen LogP contribution is 2.24. The van der Waals surface area contributed by atoms with Crippen molar-refractivity contribution in [2.24, 2.45) is 0 Å². The fourth-order valence-electron chi connectivity index (χ4n) is 1.75. The molecule has 1 amide bonds. The lowest BCUT2D eigenvalue weighted by molar-refractivity contribution is 0.181. The van der Waals surface area contributed by atoms with E-state index in [1.54, 1.807) is 11.2 Å². The third kappa shape index (κ3) is 1.26. The number of carbonyl (C=O) groups excluding carboxylic acids is 1. The molecule has 0 radical (unpaired) electrons. The minimum atomic E-state index is -0.280. The summed E-state index contributed by atoms with van der Waals surface area (Å²) >= 11 is 0. The summed E-state index contributed by atoms with van der Waals surface area (Å²) in [4.78, 5) is 12.9. The third-order valence-corrected chi connectivity index (χ3v) is 2.51. The van der Waals surface area contributed by atoms with Crippen molar-refractivity contribution in [2.75, 3.05) is 18.1 Å². The van der Waals surface area contributed by atoms with E-state index < -0.39 is 0 Å². The molecule has 0 unspecified atom stereocenters. The Morgan fingerprint density at radius 2 is 2.20 bits per heavy atom. The quantitative estimate of drug-likeness (QED) is 0.714. The zero-order valence-electron chi connectivity index (χ0n) is 7.97. The first-order valence-corrected chi connectivity index (χ1v) is 4.76. The first-order chi connectivity index (χ1) is 7.34. The molecule has 76 valence electrons. The number of ether oxygens (including phenoxy) is 1. The third-order valence-electron chi connectivity index (χ3n) is 2.51. The summed E-state index contributed by atoms with van der Waals surface area (Å²) in [5.74, 6) is 0. The van der Waals surface area contributed by atoms with Crippen molar-refractivity contribution in [1.82, 2.24) is 0 Å². The Bertz CT molecular complexity index is 517. The molecule has 4 heteroatoms. The average Bonchev–Trinajstić information content (AvgIpc) is 2.84. The lowest BCUT2D eigenvalue weighted by Crippen LogP contribution is -2.22. The zero-order valence-corrected chi connectivity index (χ0v) is 7.97. The Morgan fingerprint density at radius 3 is 3.00 bits per heavy atom. The van der Waals surface area contributed by atoms with Gasteiger partial charge in [-0.05, 0) is 24.3 Å². The fourth-order valence-corrected chi connectivity index (χ4v) is 1.75. The molecule has 1 aliphatic heterocycles. The summed E-state index contributed by atoms with van der Waals surface area (Å²) < 4.78 is 10.1. The molecule has 1 aromatic heterocycles. The van der Waals surface area contributed by atoms with Crippen LogP contribution in [0.3, 0.4) is 0 Å². The Balaban J connectivity index is 2.06. The maximum absolute atomic E-state index is 11.3. The van der Waals surface area contributed by atoms with Crippen LogP contribution in [0.25, 0.3) is 11.0 Å². The molecule has 3 rings (SSSR count). The van der Waals surface area contributed by atoms with Crippen molar-refractivity contribution in [1.29, 1.82) is 0 Å². The molecule has 4 nitrogen and oxygen atoms in total. The topological polar surface area (TPSA) is 42.7 Å². The smallest absolute Gasteiger partial charge is 0.414 e. The molecule has 2 heterocycles. The van der Waals surface area contributed by atoms with Gasteiger partial charge in [0.1, 0.15) is 12.2 Å². The van der Waals surface area contributed by atoms with Gasteiger partial charge in [-0.1, -0.05) is 0 Å². The molecule has 0 bridgehead atoms. The second-order valence-corrected chi connectivity index (χ2v) is 3.41. The monoisotopic (exact) mass is 203 g/mol. The Labute approximate surface area is 86.0 Å². The summed E-state index contributed by atoms with van der Waals surface area (Å²) in [6.07, 6.45) is 1.36. The van der Waals surface area contributed by atoms with E-state index in [0.717, 1.165) is 16.7 Å². The Morgan fingerprint density at radius 1 is 1.27 bits per heavy atom. The van der Waals surface area contributed by atoms with Gasteiger partial charge in [-0.3, -0.25) is 4.90 Å². The predicted octanol–water partition coefficient (Wildman–Crippen LogP) is 2.39. The summed E-state index contributed by atoms with van der Waals surface area (Å²) in [5, 5.41) is 0.993. The van der Waals surface area contributed by atoms with Gasteiger partial charge in [-0.25, -0.2) is 4.79 Å². The van der Waals surface area contributed by atoms with Crippen LogP contribution in [0.5, 0.6) is 0 Å². The number of furan rings is 1. The van der Waals surface area contributed by atoms with Crippen LogP contribution >= 0.6 is 0 Å². The Kier molecular flexibility index (Phi) is 1.68. The van der Waals surface area contributed by atoms with Crippen molar-refractivity contribution in [3.8, 4) is 0 Å². The molecule has 1 aromatic carbocycles. The zero-order chi connectivity index (χ0) is 10.3. The van der Waals surface area contributed by atoms with E-state index in [1.807, 2.05) is 24.3 Å². The van der Waals surface area contributed by atoms with Crippen molar-refractivity contribution >= 4 is 22.7 Å². The van der Waals surface area contributed by atoms with E-state index in [-0.39, 0.29) is 6.09 Å². The van der Waals surface area contributed by atoms with Crippen LogP contribution < -0.4 is 4.90 Å². The van der Waals surface area contributed by atoms with Gasteiger partial charge in [0, 0.05) is 11.1 Å². The SMILES string of the molecule is O=C1OCCN1c1ccc2occc2c1. The molecule has 15 heavy (non-hydrogen) atoms. The predicted molar refractivity (Wildman–Crippen MR) is 54.9 cm³/mol. The van der Waals surface area contributed by atoms with Crippen LogP contribution in [0, 0.1) is 0 Å². The van der Waals surface area contributed by atoms with Crippen LogP contribution in [0.15, 0.2) is 34.9 Å². The number of cyclic esters (lactones) is 1. The van der Waals surface area contributed by atoms with E-state index in [1.165, 1.54) is 0 Å². The summed E-state index contributed by atoms with van der Waals surface area (Å²) in [7, 11) is 0. The number of rotatable bonds is 1. The molecule has 0 N–H and O–H groups in total. The van der Waals surface area contributed by atoms with E-state index in [9.17, 15) is 4.79 Å². The molecule has 1 saturated heterocycles. The molecule has 0 aliphatic carbocycles. The number of carbonyl (C=O) groups is 1. The molecule has 1 aliphatic rings. The number of anilines is 1. The Hall–Kier alpha value is -1.97. The van der Waals surface area contributed by atoms with Gasteiger partial charge >= 0.3 is 6.09 Å². The lowest BCUT2D eigenvalue weighted by Gasteiger charge is -2.11. The first kappa shape index (κ1) is 8.35. The highest BCUT2D eigenvalue weighted by molar-refractivity contribution is 5.92. The van der Waals surface area contributed by atoms with Crippen molar-refractivity contribution in [3.05, 3.63) is 30.5 Å². The molecule has 0 spiro atoms. The molecule has 1 fully saturated rings. The van der Waals surface area contributed by atoms with E-state index in [0.29, 0.717) is 13.2 Å². The van der Waals surface area contributed by atoms with E-state index in [2.05, 4.69) is 0 Å². The summed E-state index contributed by atoms with van der Waals surface area (Å²) in [6.45, 7) is 1.07. The number of amides is 1. The van der Waals surface area contributed by atoms with E-state index >= 15 is 0 Å². The number of nitrogens with zero attached hydrogens (tertiary/aromatic N) is 1. The van der Waals surface area contributed by atoms with Gasteiger partial charge in [0.25, 0.3) is 0 Å². The number of hydrogen-bond donors (Lipinski definition) is 0. The second kappa shape index (κ2) is 3.02. The highest BCUT2D eigenvalue weighted by Gasteiger charge is 2.23. The van der Waals surface area contributed by atoms with Gasteiger partial charge < -0.3 is 9.15 Å². The molecule has 2 aromatic rings. The largest absolute Gasteiger partial charge is 0.464 e. The molecule has 0 atom stereocenters. The van der Waals surface area contributed by atoms with Crippen LogP contribution in [0.1, 0.15) is 0 Å². The number of fused-ring (bicyclic) bond motifs is 1. The second-order valence-electron chi connectivity index (χ2n) is 3.41. The minimum absolute atomic E-state index is 0.280.